The smallest absolute Gasteiger partial charge is 0.222 e. The van der Waals surface area contributed by atoms with Gasteiger partial charge in [0, 0.05) is 25.7 Å². The first-order chi connectivity index (χ1) is 9.15. The van der Waals surface area contributed by atoms with Gasteiger partial charge in [-0.1, -0.05) is 19.9 Å². The van der Waals surface area contributed by atoms with Crippen LogP contribution in [0.15, 0.2) is 24.4 Å². The molecule has 0 N–H and O–H groups in total. The van der Waals surface area contributed by atoms with Crippen molar-refractivity contribution in [3.8, 4) is 0 Å². The lowest BCUT2D eigenvalue weighted by Gasteiger charge is -2.17. The largest absolute Gasteiger partial charge is 0.370 e. The first-order valence-corrected chi connectivity index (χ1v) is 6.94. The highest BCUT2D eigenvalue weighted by molar-refractivity contribution is 5.76. The van der Waals surface area contributed by atoms with Crippen LogP contribution in [0.25, 0.3) is 0 Å². The van der Waals surface area contributed by atoms with Crippen molar-refractivity contribution in [1.82, 2.24) is 9.88 Å². The average Bonchev–Trinajstić information content (AvgIpc) is 2.86. The summed E-state index contributed by atoms with van der Waals surface area (Å²) in [5.74, 6) is 0.667. The van der Waals surface area contributed by atoms with E-state index in [2.05, 4.69) is 18.8 Å². The summed E-state index contributed by atoms with van der Waals surface area (Å²) < 4.78 is 5.82. The van der Waals surface area contributed by atoms with Gasteiger partial charge < -0.3 is 9.64 Å². The normalized spacial score (nSPS) is 19.1. The summed E-state index contributed by atoms with van der Waals surface area (Å²) in [5.41, 5.74) is 0.939. The van der Waals surface area contributed by atoms with Crippen molar-refractivity contribution in [1.29, 1.82) is 0 Å². The molecule has 1 fully saturated rings. The van der Waals surface area contributed by atoms with Crippen LogP contribution in [0.4, 0.5) is 0 Å². The van der Waals surface area contributed by atoms with Crippen molar-refractivity contribution in [2.24, 2.45) is 5.92 Å². The van der Waals surface area contributed by atoms with Gasteiger partial charge in [-0.15, -0.1) is 0 Å². The van der Waals surface area contributed by atoms with E-state index in [-0.39, 0.29) is 12.0 Å². The highest BCUT2D eigenvalue weighted by Gasteiger charge is 2.26. The van der Waals surface area contributed by atoms with Gasteiger partial charge in [0.1, 0.15) is 0 Å². The fourth-order valence-corrected chi connectivity index (χ4v) is 2.26. The number of pyridine rings is 1. The molecule has 2 rings (SSSR count). The van der Waals surface area contributed by atoms with Crippen molar-refractivity contribution < 1.29 is 9.53 Å². The molecule has 2 heterocycles. The zero-order chi connectivity index (χ0) is 13.7. The summed E-state index contributed by atoms with van der Waals surface area (Å²) in [6, 6.07) is 5.81. The van der Waals surface area contributed by atoms with Crippen LogP contribution in [0.2, 0.25) is 0 Å². The SMILES string of the molecule is CC(C)CC(=O)N1CC[C@H](OCc2ccccn2)C1. The van der Waals surface area contributed by atoms with Gasteiger partial charge in [-0.25, -0.2) is 0 Å². The second-order valence-electron chi connectivity index (χ2n) is 5.48. The molecule has 0 aromatic carbocycles. The van der Waals surface area contributed by atoms with Crippen LogP contribution in [-0.4, -0.2) is 35.0 Å². The monoisotopic (exact) mass is 262 g/mol. The van der Waals surface area contributed by atoms with Gasteiger partial charge in [0.2, 0.25) is 5.91 Å². The molecular formula is C15H22N2O2. The maximum absolute atomic E-state index is 11.9. The van der Waals surface area contributed by atoms with E-state index in [1.807, 2.05) is 23.1 Å². The molecule has 1 aromatic rings. The molecule has 104 valence electrons. The Labute approximate surface area is 114 Å². The highest BCUT2D eigenvalue weighted by atomic mass is 16.5. The molecule has 1 atom stereocenters. The van der Waals surface area contributed by atoms with Gasteiger partial charge in [-0.3, -0.25) is 9.78 Å². The lowest BCUT2D eigenvalue weighted by molar-refractivity contribution is -0.131. The first-order valence-electron chi connectivity index (χ1n) is 6.94. The third kappa shape index (κ3) is 4.31. The van der Waals surface area contributed by atoms with Crippen LogP contribution in [0.1, 0.15) is 32.4 Å². The number of aromatic nitrogens is 1. The van der Waals surface area contributed by atoms with E-state index in [4.69, 9.17) is 4.74 Å². The summed E-state index contributed by atoms with van der Waals surface area (Å²) in [4.78, 5) is 18.1. The van der Waals surface area contributed by atoms with Crippen molar-refractivity contribution in [3.05, 3.63) is 30.1 Å². The van der Waals surface area contributed by atoms with Crippen LogP contribution in [-0.2, 0) is 16.1 Å². The molecular weight excluding hydrogens is 240 g/mol. The molecule has 1 amide bonds. The van der Waals surface area contributed by atoms with Gasteiger partial charge in [-0.05, 0) is 24.5 Å². The zero-order valence-electron chi connectivity index (χ0n) is 11.7. The van der Waals surface area contributed by atoms with Crippen molar-refractivity contribution >= 4 is 5.91 Å². The molecule has 0 spiro atoms. The average molecular weight is 262 g/mol. The topological polar surface area (TPSA) is 42.4 Å². The number of ether oxygens (including phenoxy) is 1. The number of carbonyl (C=O) groups excluding carboxylic acids is 1. The predicted octanol–water partition coefficient (Wildman–Crippen LogP) is 2.25. The van der Waals surface area contributed by atoms with Crippen molar-refractivity contribution in [2.75, 3.05) is 13.1 Å². The zero-order valence-corrected chi connectivity index (χ0v) is 11.7. The van der Waals surface area contributed by atoms with E-state index in [0.29, 0.717) is 18.9 Å². The summed E-state index contributed by atoms with van der Waals surface area (Å²) in [6.45, 7) is 6.21. The molecule has 19 heavy (non-hydrogen) atoms. The molecule has 0 radical (unpaired) electrons. The molecule has 0 aliphatic carbocycles. The number of nitrogens with zero attached hydrogens (tertiary/aromatic N) is 2. The van der Waals surface area contributed by atoms with E-state index in [9.17, 15) is 4.79 Å². The Balaban J connectivity index is 1.75. The van der Waals surface area contributed by atoms with E-state index in [0.717, 1.165) is 25.2 Å². The molecule has 1 aliphatic heterocycles. The lowest BCUT2D eigenvalue weighted by Crippen LogP contribution is -2.30. The number of amides is 1. The molecule has 0 bridgehead atoms. The van der Waals surface area contributed by atoms with Gasteiger partial charge in [0.25, 0.3) is 0 Å². The quantitative estimate of drug-likeness (QED) is 0.817. The van der Waals surface area contributed by atoms with Crippen LogP contribution < -0.4 is 0 Å². The molecule has 0 unspecified atom stereocenters. The van der Waals surface area contributed by atoms with Gasteiger partial charge in [0.15, 0.2) is 0 Å². The Morgan fingerprint density at radius 2 is 2.37 bits per heavy atom. The minimum absolute atomic E-state index is 0.151. The Morgan fingerprint density at radius 1 is 1.53 bits per heavy atom. The van der Waals surface area contributed by atoms with Gasteiger partial charge >= 0.3 is 0 Å². The van der Waals surface area contributed by atoms with Gasteiger partial charge in [0.05, 0.1) is 18.4 Å². The second kappa shape index (κ2) is 6.66. The number of hydrogen-bond acceptors (Lipinski definition) is 3. The maximum atomic E-state index is 11.9. The summed E-state index contributed by atoms with van der Waals surface area (Å²) in [5, 5.41) is 0. The summed E-state index contributed by atoms with van der Waals surface area (Å²) in [7, 11) is 0. The fourth-order valence-electron chi connectivity index (χ4n) is 2.26. The number of carbonyl (C=O) groups is 1. The minimum Gasteiger partial charge on any atom is -0.370 e. The standard InChI is InChI=1S/C15H22N2O2/c1-12(2)9-15(18)17-8-6-14(10-17)19-11-13-5-3-4-7-16-13/h3-5,7,12,14H,6,8-11H2,1-2H3/t14-/m0/s1. The number of hydrogen-bond donors (Lipinski definition) is 0. The van der Waals surface area contributed by atoms with E-state index in [1.54, 1.807) is 6.20 Å². The van der Waals surface area contributed by atoms with E-state index in [1.165, 1.54) is 0 Å². The third-order valence-corrected chi connectivity index (χ3v) is 3.27. The van der Waals surface area contributed by atoms with Crippen LogP contribution in [0.3, 0.4) is 0 Å². The molecule has 0 saturated carbocycles. The van der Waals surface area contributed by atoms with Crippen molar-refractivity contribution in [3.63, 3.8) is 0 Å². The highest BCUT2D eigenvalue weighted by Crippen LogP contribution is 2.16. The maximum Gasteiger partial charge on any atom is 0.222 e. The molecule has 1 saturated heterocycles. The first kappa shape index (κ1) is 14.0. The summed E-state index contributed by atoms with van der Waals surface area (Å²) in [6.07, 6.45) is 3.48. The lowest BCUT2D eigenvalue weighted by atomic mass is 10.1. The van der Waals surface area contributed by atoms with Crippen LogP contribution in [0, 0.1) is 5.92 Å². The predicted molar refractivity (Wildman–Crippen MR) is 73.5 cm³/mol. The van der Waals surface area contributed by atoms with Crippen LogP contribution in [0.5, 0.6) is 0 Å². The Kier molecular flexibility index (Phi) is 4.91. The third-order valence-electron chi connectivity index (χ3n) is 3.27. The Hall–Kier alpha value is -1.42. The fraction of sp³-hybridized carbons (Fsp3) is 0.600. The molecule has 4 nitrogen and oxygen atoms in total. The summed E-state index contributed by atoms with van der Waals surface area (Å²) >= 11 is 0. The molecule has 1 aliphatic rings. The molecule has 4 heteroatoms. The number of likely N-dealkylation sites (tertiary alicyclic amines) is 1. The van der Waals surface area contributed by atoms with Crippen LogP contribution >= 0.6 is 0 Å². The van der Waals surface area contributed by atoms with Crippen molar-refractivity contribution in [2.45, 2.75) is 39.4 Å². The molecule has 1 aromatic heterocycles. The Bertz CT molecular complexity index is 406. The number of rotatable bonds is 5. The second-order valence-corrected chi connectivity index (χ2v) is 5.48. The Morgan fingerprint density at radius 3 is 3.05 bits per heavy atom. The van der Waals surface area contributed by atoms with Gasteiger partial charge in [-0.2, -0.15) is 0 Å². The van der Waals surface area contributed by atoms with E-state index >= 15 is 0 Å². The minimum atomic E-state index is 0.151. The van der Waals surface area contributed by atoms with E-state index < -0.39 is 0 Å².